The molecule has 0 atom stereocenters. The van der Waals surface area contributed by atoms with Crippen molar-refractivity contribution >= 4 is 44.3 Å². The second-order valence-corrected chi connectivity index (χ2v) is 4.96. The van der Waals surface area contributed by atoms with E-state index in [9.17, 15) is 0 Å². The molecular weight excluding hydrogens is 258 g/mol. The van der Waals surface area contributed by atoms with E-state index in [1.54, 1.807) is 22.7 Å². The summed E-state index contributed by atoms with van der Waals surface area (Å²) in [5.41, 5.74) is 0. The van der Waals surface area contributed by atoms with Crippen molar-refractivity contribution in [2.75, 3.05) is 0 Å². The predicted molar refractivity (Wildman–Crippen MR) is 48.2 cm³/mol. The molecule has 0 bridgehead atoms. The molecule has 0 amide bonds. The maximum atomic E-state index is 5.01. The van der Waals surface area contributed by atoms with Crippen LogP contribution in [0.4, 0.5) is 0 Å². The molecule has 0 aliphatic heterocycles. The van der Waals surface area contributed by atoms with Crippen LogP contribution in [0.3, 0.4) is 0 Å². The predicted octanol–water partition coefficient (Wildman–Crippen LogP) is -2.70. The Hall–Kier alpha value is 3.02. The van der Waals surface area contributed by atoms with Gasteiger partial charge in [0.25, 0.3) is 0 Å². The Labute approximate surface area is 170 Å². The van der Waals surface area contributed by atoms with E-state index < -0.39 is 0 Å². The van der Waals surface area contributed by atoms with Crippen LogP contribution in [0.5, 0.6) is 0 Å². The largest absolute Gasteiger partial charge is 1.00 e. The Morgan fingerprint density at radius 1 is 1.00 bits per heavy atom. The van der Waals surface area contributed by atoms with Gasteiger partial charge in [0.1, 0.15) is 3.14 Å². The second-order valence-electron chi connectivity index (χ2n) is 1.73. The second kappa shape index (κ2) is 7.32. The first-order valence-corrected chi connectivity index (χ1v) is 4.72. The minimum absolute atomic E-state index is 0. The molecule has 0 aliphatic rings. The van der Waals surface area contributed by atoms with Crippen LogP contribution in [0.2, 0.25) is 0 Å². The summed E-state index contributed by atoms with van der Waals surface area (Å²) < 4.78 is 3.20. The van der Waals surface area contributed by atoms with Crippen molar-refractivity contribution in [3.8, 4) is 0 Å². The summed E-state index contributed by atoms with van der Waals surface area (Å²) in [5.74, 6) is 0. The number of rotatable bonds is 0. The van der Waals surface area contributed by atoms with Gasteiger partial charge in [0.05, 0.1) is 0 Å². The first-order valence-electron chi connectivity index (χ1n) is 2.68. The van der Waals surface area contributed by atoms with E-state index in [-0.39, 0.29) is 103 Å². The Kier molecular flexibility index (Phi) is 9.17. The molecule has 0 radical (unpaired) electrons. The molecule has 1 aromatic heterocycles. The molecule has 1 heterocycles. The number of hydrogen-bond donors (Lipinski definition) is 0. The van der Waals surface area contributed by atoms with Crippen LogP contribution in [0.15, 0.2) is 12.1 Å². The molecule has 5 heteroatoms. The maximum Gasteiger partial charge on any atom is 1.00 e. The normalized spacial score (nSPS) is 8.67. The van der Waals surface area contributed by atoms with E-state index >= 15 is 0 Å². The van der Waals surface area contributed by atoms with Crippen LogP contribution >= 0.6 is 34.9 Å². The summed E-state index contributed by atoms with van der Waals surface area (Å²) in [7, 11) is 0. The van der Waals surface area contributed by atoms with E-state index in [0.717, 1.165) is 12.5 Å². The average molecular weight is 260 g/mol. The minimum atomic E-state index is 0. The summed E-state index contributed by atoms with van der Waals surface area (Å²) in [4.78, 5) is 0. The number of hydrogen-bond acceptors (Lipinski definition) is 3. The first-order chi connectivity index (χ1) is 4.86. The van der Waals surface area contributed by atoms with Gasteiger partial charge in [-0.25, -0.2) is 22.7 Å². The summed E-state index contributed by atoms with van der Waals surface area (Å²) in [5, 5.41) is 0. The molecule has 0 spiro atoms. The van der Waals surface area contributed by atoms with Gasteiger partial charge in [0, 0.05) is 0 Å². The molecule has 0 nitrogen and oxygen atoms in total. The Morgan fingerprint density at radius 3 is 1.83 bits per heavy atom. The van der Waals surface area contributed by atoms with Crippen molar-refractivity contribution in [2.24, 2.45) is 0 Å². The van der Waals surface area contributed by atoms with Gasteiger partial charge in [-0.2, -0.15) is 9.40 Å². The minimum Gasteiger partial charge on any atom is -0.300 e. The van der Waals surface area contributed by atoms with Crippen LogP contribution in [0, 0.1) is 15.3 Å². The van der Waals surface area contributed by atoms with Gasteiger partial charge in [0.15, 0.2) is 0 Å². The van der Waals surface area contributed by atoms with Crippen LogP contribution < -0.4 is 103 Å². The van der Waals surface area contributed by atoms with Crippen molar-refractivity contribution in [3.05, 3.63) is 27.4 Å². The van der Waals surface area contributed by atoms with Crippen molar-refractivity contribution < 1.29 is 103 Å². The van der Waals surface area contributed by atoms with Gasteiger partial charge in [0.2, 0.25) is 0 Å². The number of benzene rings is 1. The molecule has 2 aromatic rings. The fourth-order valence-corrected chi connectivity index (χ4v) is 3.01. The first kappa shape index (κ1) is 15.0. The molecular formula is C7H2K2S3. The molecule has 0 aliphatic carbocycles. The van der Waals surface area contributed by atoms with Crippen molar-refractivity contribution in [3.63, 3.8) is 0 Å². The number of fused-ring (bicyclic) bond motifs is 1. The van der Waals surface area contributed by atoms with Crippen LogP contribution in [-0.4, -0.2) is 0 Å². The summed E-state index contributed by atoms with van der Waals surface area (Å²) in [6, 6.07) is 9.93. The van der Waals surface area contributed by atoms with Gasteiger partial charge in [-0.15, -0.1) is 0 Å². The quantitative estimate of drug-likeness (QED) is 0.282. The van der Waals surface area contributed by atoms with Crippen molar-refractivity contribution in [2.45, 2.75) is 0 Å². The molecule has 0 saturated carbocycles. The zero-order valence-electron chi connectivity index (χ0n) is 6.88. The smallest absolute Gasteiger partial charge is 0.300 e. The molecule has 50 valence electrons. The average Bonchev–Trinajstić information content (AvgIpc) is 2.27. The molecule has 0 saturated heterocycles. The van der Waals surface area contributed by atoms with E-state index in [2.05, 4.69) is 12.1 Å². The van der Waals surface area contributed by atoms with E-state index in [0.29, 0.717) is 0 Å². The van der Waals surface area contributed by atoms with Crippen LogP contribution in [-0.2, 0) is 0 Å². The third kappa shape index (κ3) is 3.88. The van der Waals surface area contributed by atoms with Gasteiger partial charge in [-0.05, 0) is 0 Å². The summed E-state index contributed by atoms with van der Waals surface area (Å²) in [6.45, 7) is 0. The Bertz CT molecular complexity index is 368. The molecule has 0 fully saturated rings. The van der Waals surface area contributed by atoms with Crippen molar-refractivity contribution in [1.29, 1.82) is 0 Å². The van der Waals surface area contributed by atoms with Gasteiger partial charge < -0.3 is 12.1 Å². The van der Waals surface area contributed by atoms with E-state index in [4.69, 9.17) is 12.2 Å². The monoisotopic (exact) mass is 260 g/mol. The summed E-state index contributed by atoms with van der Waals surface area (Å²) >= 11 is 8.21. The maximum absolute atomic E-state index is 5.01. The Morgan fingerprint density at radius 2 is 1.42 bits per heavy atom. The SMILES string of the molecule is S=c1sc2[c-]cc[c-]c2s1.[K+].[K+]. The Balaban J connectivity index is 0.000000605. The topological polar surface area (TPSA) is 0 Å². The van der Waals surface area contributed by atoms with Crippen molar-refractivity contribution in [1.82, 2.24) is 0 Å². The molecule has 12 heavy (non-hydrogen) atoms. The molecule has 0 N–H and O–H groups in total. The fraction of sp³-hybridized carbons (Fsp3) is 0. The molecule has 1 aromatic carbocycles. The summed E-state index contributed by atoms with van der Waals surface area (Å²) in [6.07, 6.45) is 0. The van der Waals surface area contributed by atoms with Crippen LogP contribution in [0.25, 0.3) is 9.40 Å². The zero-order chi connectivity index (χ0) is 6.97. The van der Waals surface area contributed by atoms with Gasteiger partial charge in [-0.1, -0.05) is 12.2 Å². The van der Waals surface area contributed by atoms with E-state index in [1.165, 1.54) is 0 Å². The fourth-order valence-electron chi connectivity index (χ4n) is 0.705. The van der Waals surface area contributed by atoms with Gasteiger partial charge >= 0.3 is 103 Å². The molecule has 2 rings (SSSR count). The van der Waals surface area contributed by atoms with Crippen LogP contribution in [0.1, 0.15) is 0 Å². The van der Waals surface area contributed by atoms with E-state index in [1.807, 2.05) is 12.1 Å². The molecule has 0 unspecified atom stereocenters. The zero-order valence-corrected chi connectivity index (χ0v) is 15.6. The third-order valence-electron chi connectivity index (χ3n) is 1.09. The standard InChI is InChI=1S/C7H2S3.2K/c8-7-9-5-3-1-2-4-6(5)10-7;;/h1-2H;;/q-2;2*+1. The van der Waals surface area contributed by atoms with Gasteiger partial charge in [-0.3, -0.25) is 12.1 Å². The third-order valence-corrected chi connectivity index (χ3v) is 3.60.